The minimum atomic E-state index is 0.613. The largest absolute Gasteiger partial charge is 0.379 e. The summed E-state index contributed by atoms with van der Waals surface area (Å²) in [5.74, 6) is 0. The van der Waals surface area contributed by atoms with Gasteiger partial charge in [0.25, 0.3) is 0 Å². The molecule has 0 aromatic rings. The van der Waals surface area contributed by atoms with Gasteiger partial charge >= 0.3 is 0 Å². The number of nitrogens with two attached hydrogens (primary N) is 1. The van der Waals surface area contributed by atoms with Gasteiger partial charge in [0, 0.05) is 51.9 Å². The van der Waals surface area contributed by atoms with Gasteiger partial charge in [-0.1, -0.05) is 6.92 Å². The zero-order valence-corrected chi connectivity index (χ0v) is 12.4. The molecule has 2 rings (SSSR count). The van der Waals surface area contributed by atoms with Crippen LogP contribution in [0.3, 0.4) is 0 Å². The number of likely N-dealkylation sites (N-methyl/N-ethyl adjacent to an activating group) is 1. The van der Waals surface area contributed by atoms with Crippen molar-refractivity contribution < 1.29 is 4.74 Å². The van der Waals surface area contributed by atoms with E-state index in [1.807, 2.05) is 0 Å². The van der Waals surface area contributed by atoms with Gasteiger partial charge in [-0.2, -0.15) is 0 Å². The van der Waals surface area contributed by atoms with Crippen molar-refractivity contribution in [2.45, 2.75) is 19.4 Å². The first-order valence-corrected chi connectivity index (χ1v) is 7.80. The molecule has 2 saturated heterocycles. The molecular weight excluding hydrogens is 240 g/mol. The Kier molecular flexibility index (Phi) is 6.53. The van der Waals surface area contributed by atoms with E-state index in [2.05, 4.69) is 21.6 Å². The van der Waals surface area contributed by atoms with Crippen molar-refractivity contribution in [3.63, 3.8) is 0 Å². The van der Waals surface area contributed by atoms with Gasteiger partial charge in [0.15, 0.2) is 0 Å². The van der Waals surface area contributed by atoms with Crippen LogP contribution in [0.4, 0.5) is 0 Å². The summed E-state index contributed by atoms with van der Waals surface area (Å²) in [6, 6.07) is 0.613. The molecule has 1 atom stereocenters. The quantitative estimate of drug-likeness (QED) is 0.716. The lowest BCUT2D eigenvalue weighted by Crippen LogP contribution is -2.53. The Morgan fingerprint density at radius 1 is 1.00 bits per heavy atom. The maximum absolute atomic E-state index is 5.80. The first-order valence-electron chi connectivity index (χ1n) is 7.80. The van der Waals surface area contributed by atoms with Gasteiger partial charge in [-0.05, 0) is 19.5 Å². The summed E-state index contributed by atoms with van der Waals surface area (Å²) in [6.07, 6.45) is 1.11. The molecule has 0 saturated carbocycles. The number of nitrogens with zero attached hydrogens (tertiary/aromatic N) is 3. The SMILES string of the molecule is CCN1CCN(CC(CCN)N2CCOCC2)CC1. The molecule has 0 aromatic carbocycles. The van der Waals surface area contributed by atoms with Gasteiger partial charge < -0.3 is 15.4 Å². The van der Waals surface area contributed by atoms with Crippen molar-refractivity contribution in [1.29, 1.82) is 0 Å². The molecule has 19 heavy (non-hydrogen) atoms. The van der Waals surface area contributed by atoms with Gasteiger partial charge in [0.05, 0.1) is 13.2 Å². The number of morpholine rings is 1. The summed E-state index contributed by atoms with van der Waals surface area (Å²) in [5, 5.41) is 0. The zero-order valence-electron chi connectivity index (χ0n) is 12.4. The van der Waals surface area contributed by atoms with E-state index in [9.17, 15) is 0 Å². The standard InChI is InChI=1S/C14H30N4O/c1-2-16-5-7-17(8-6-16)13-14(3-4-15)18-9-11-19-12-10-18/h14H,2-13,15H2,1H3. The molecule has 0 amide bonds. The molecular formula is C14H30N4O. The average Bonchev–Trinajstić information content (AvgIpc) is 2.48. The fourth-order valence-electron chi connectivity index (χ4n) is 3.11. The molecule has 0 bridgehead atoms. The minimum Gasteiger partial charge on any atom is -0.379 e. The van der Waals surface area contributed by atoms with Crippen LogP contribution in [0.25, 0.3) is 0 Å². The molecule has 0 radical (unpaired) electrons. The lowest BCUT2D eigenvalue weighted by molar-refractivity contribution is 0.00260. The van der Waals surface area contributed by atoms with E-state index >= 15 is 0 Å². The molecule has 5 heteroatoms. The number of hydrogen-bond donors (Lipinski definition) is 1. The van der Waals surface area contributed by atoms with E-state index in [0.29, 0.717) is 6.04 Å². The maximum atomic E-state index is 5.80. The Balaban J connectivity index is 1.79. The molecule has 1 unspecified atom stereocenters. The predicted molar refractivity (Wildman–Crippen MR) is 78.4 cm³/mol. The fraction of sp³-hybridized carbons (Fsp3) is 1.00. The van der Waals surface area contributed by atoms with Crippen molar-refractivity contribution in [3.8, 4) is 0 Å². The Labute approximate surface area is 117 Å². The molecule has 2 heterocycles. The average molecular weight is 270 g/mol. The lowest BCUT2D eigenvalue weighted by atomic mass is 10.1. The molecule has 0 spiro atoms. The van der Waals surface area contributed by atoms with E-state index < -0.39 is 0 Å². The van der Waals surface area contributed by atoms with Gasteiger partial charge in [0.2, 0.25) is 0 Å². The van der Waals surface area contributed by atoms with Crippen LogP contribution in [0.15, 0.2) is 0 Å². The van der Waals surface area contributed by atoms with Crippen molar-refractivity contribution >= 4 is 0 Å². The molecule has 2 fully saturated rings. The Hall–Kier alpha value is -0.200. The van der Waals surface area contributed by atoms with Crippen LogP contribution in [0, 0.1) is 0 Å². The van der Waals surface area contributed by atoms with E-state index in [0.717, 1.165) is 39.3 Å². The third-order valence-electron chi connectivity index (χ3n) is 4.44. The number of ether oxygens (including phenoxy) is 1. The van der Waals surface area contributed by atoms with Crippen LogP contribution in [0.1, 0.15) is 13.3 Å². The lowest BCUT2D eigenvalue weighted by Gasteiger charge is -2.40. The summed E-state index contributed by atoms with van der Waals surface area (Å²) < 4.78 is 5.45. The molecule has 0 aromatic heterocycles. The molecule has 2 aliphatic heterocycles. The smallest absolute Gasteiger partial charge is 0.0594 e. The Bertz CT molecular complexity index is 238. The fourth-order valence-corrected chi connectivity index (χ4v) is 3.11. The highest BCUT2D eigenvalue weighted by Gasteiger charge is 2.24. The summed E-state index contributed by atoms with van der Waals surface area (Å²) in [6.45, 7) is 14.1. The minimum absolute atomic E-state index is 0.613. The highest BCUT2D eigenvalue weighted by atomic mass is 16.5. The first-order chi connectivity index (χ1) is 9.33. The Morgan fingerprint density at radius 3 is 2.21 bits per heavy atom. The first kappa shape index (κ1) is 15.2. The molecule has 112 valence electrons. The third-order valence-corrected chi connectivity index (χ3v) is 4.44. The van der Waals surface area contributed by atoms with Crippen LogP contribution >= 0.6 is 0 Å². The van der Waals surface area contributed by atoms with E-state index in [1.54, 1.807) is 0 Å². The van der Waals surface area contributed by atoms with Crippen molar-refractivity contribution in [3.05, 3.63) is 0 Å². The number of rotatable bonds is 6. The van der Waals surface area contributed by atoms with E-state index in [-0.39, 0.29) is 0 Å². The zero-order chi connectivity index (χ0) is 13.5. The molecule has 5 nitrogen and oxygen atoms in total. The van der Waals surface area contributed by atoms with E-state index in [4.69, 9.17) is 10.5 Å². The normalized spacial score (nSPS) is 25.6. The van der Waals surface area contributed by atoms with Crippen LogP contribution in [-0.4, -0.2) is 92.9 Å². The summed E-state index contributed by atoms with van der Waals surface area (Å²) in [7, 11) is 0. The molecule has 2 aliphatic rings. The van der Waals surface area contributed by atoms with Gasteiger partial charge in [-0.3, -0.25) is 9.80 Å². The highest BCUT2D eigenvalue weighted by Crippen LogP contribution is 2.11. The van der Waals surface area contributed by atoms with Crippen molar-refractivity contribution in [2.75, 3.05) is 72.1 Å². The van der Waals surface area contributed by atoms with Crippen LogP contribution < -0.4 is 5.73 Å². The summed E-state index contributed by atoms with van der Waals surface area (Å²) in [4.78, 5) is 7.72. The van der Waals surface area contributed by atoms with Crippen LogP contribution in [-0.2, 0) is 4.74 Å². The van der Waals surface area contributed by atoms with Gasteiger partial charge in [-0.25, -0.2) is 0 Å². The Morgan fingerprint density at radius 2 is 1.63 bits per heavy atom. The summed E-state index contributed by atoms with van der Waals surface area (Å²) in [5.41, 5.74) is 5.80. The van der Waals surface area contributed by atoms with Crippen LogP contribution in [0.2, 0.25) is 0 Å². The van der Waals surface area contributed by atoms with Crippen LogP contribution in [0.5, 0.6) is 0 Å². The second kappa shape index (κ2) is 8.17. The van der Waals surface area contributed by atoms with Gasteiger partial charge in [-0.15, -0.1) is 0 Å². The second-order valence-corrected chi connectivity index (χ2v) is 5.61. The van der Waals surface area contributed by atoms with Gasteiger partial charge in [0.1, 0.15) is 0 Å². The second-order valence-electron chi connectivity index (χ2n) is 5.61. The van der Waals surface area contributed by atoms with Crippen molar-refractivity contribution in [2.24, 2.45) is 5.73 Å². The monoisotopic (exact) mass is 270 g/mol. The molecule has 0 aliphatic carbocycles. The third kappa shape index (κ3) is 4.68. The number of piperazine rings is 1. The van der Waals surface area contributed by atoms with E-state index in [1.165, 1.54) is 39.3 Å². The topological polar surface area (TPSA) is 45.0 Å². The van der Waals surface area contributed by atoms with Crippen molar-refractivity contribution in [1.82, 2.24) is 14.7 Å². The highest BCUT2D eigenvalue weighted by molar-refractivity contribution is 4.80. The molecule has 2 N–H and O–H groups in total. The predicted octanol–water partition coefficient (Wildman–Crippen LogP) is -0.326. The maximum Gasteiger partial charge on any atom is 0.0594 e. The number of hydrogen-bond acceptors (Lipinski definition) is 5. The summed E-state index contributed by atoms with van der Waals surface area (Å²) >= 11 is 0.